The van der Waals surface area contributed by atoms with Crippen LogP contribution in [0.25, 0.3) is 0 Å². The fourth-order valence-corrected chi connectivity index (χ4v) is 2.40. The van der Waals surface area contributed by atoms with Gasteiger partial charge in [0.25, 0.3) is 0 Å². The summed E-state index contributed by atoms with van der Waals surface area (Å²) in [5.74, 6) is 2.02. The van der Waals surface area contributed by atoms with Gasteiger partial charge in [0.1, 0.15) is 0 Å². The zero-order valence-corrected chi connectivity index (χ0v) is 11.8. The third-order valence-corrected chi connectivity index (χ3v) is 3.27. The minimum absolute atomic E-state index is 0.137. The van der Waals surface area contributed by atoms with Crippen molar-refractivity contribution < 1.29 is 4.79 Å². The van der Waals surface area contributed by atoms with Crippen molar-refractivity contribution in [3.8, 4) is 0 Å². The number of hydrogen-bond acceptors (Lipinski definition) is 3. The number of carbonyl (C=O) groups is 1. The second-order valence-corrected chi connectivity index (χ2v) is 5.77. The second kappa shape index (κ2) is 8.88. The molecule has 0 radical (unpaired) electrons. The Kier molecular flexibility index (Phi) is 8.76. The third-order valence-electron chi connectivity index (χ3n) is 2.44. The highest BCUT2D eigenvalue weighted by Crippen LogP contribution is 2.14. The Balaban J connectivity index is 3.91. The molecule has 0 spiro atoms. The Bertz CT molecular complexity index is 197. The first-order valence-corrected chi connectivity index (χ1v) is 7.37. The maximum Gasteiger partial charge on any atom is 0.220 e. The van der Waals surface area contributed by atoms with E-state index in [-0.39, 0.29) is 11.9 Å². The molecule has 0 heterocycles. The van der Waals surface area contributed by atoms with Crippen LogP contribution in [0.1, 0.15) is 33.6 Å². The molecular weight excluding hydrogens is 220 g/mol. The average molecular weight is 246 g/mol. The van der Waals surface area contributed by atoms with E-state index in [0.717, 1.165) is 12.2 Å². The Morgan fingerprint density at radius 2 is 2.00 bits per heavy atom. The first-order valence-electron chi connectivity index (χ1n) is 5.97. The molecule has 0 saturated heterocycles. The molecule has 0 aliphatic heterocycles. The molecule has 3 N–H and O–H groups in total. The van der Waals surface area contributed by atoms with Crippen LogP contribution in [0.5, 0.6) is 0 Å². The number of carbonyl (C=O) groups excluding carboxylic acids is 1. The monoisotopic (exact) mass is 246 g/mol. The third kappa shape index (κ3) is 7.99. The van der Waals surface area contributed by atoms with Gasteiger partial charge < -0.3 is 11.1 Å². The molecular formula is C12H26N2OS. The maximum absolute atomic E-state index is 11.7. The van der Waals surface area contributed by atoms with E-state index in [4.69, 9.17) is 5.73 Å². The number of rotatable bonds is 8. The molecule has 1 amide bonds. The van der Waals surface area contributed by atoms with Gasteiger partial charge >= 0.3 is 0 Å². The van der Waals surface area contributed by atoms with Crippen LogP contribution in [-0.4, -0.2) is 30.5 Å². The van der Waals surface area contributed by atoms with Crippen LogP contribution in [0.2, 0.25) is 0 Å². The van der Waals surface area contributed by atoms with Crippen molar-refractivity contribution in [2.75, 3.05) is 18.6 Å². The SMILES string of the molecule is CSCC(C)NC(=O)C[C@@H](CN)CC(C)C. The zero-order chi connectivity index (χ0) is 12.6. The number of nitrogens with two attached hydrogens (primary N) is 1. The van der Waals surface area contributed by atoms with Gasteiger partial charge in [-0.25, -0.2) is 0 Å². The lowest BCUT2D eigenvalue weighted by Gasteiger charge is -2.18. The summed E-state index contributed by atoms with van der Waals surface area (Å²) in [7, 11) is 0. The van der Waals surface area contributed by atoms with Crippen molar-refractivity contribution in [3.05, 3.63) is 0 Å². The lowest BCUT2D eigenvalue weighted by atomic mass is 9.94. The first kappa shape index (κ1) is 15.8. The molecule has 0 aromatic rings. The van der Waals surface area contributed by atoms with Gasteiger partial charge in [-0.1, -0.05) is 13.8 Å². The number of hydrogen-bond donors (Lipinski definition) is 2. The number of amides is 1. The molecule has 0 rings (SSSR count). The summed E-state index contributed by atoms with van der Waals surface area (Å²) in [4.78, 5) is 11.7. The minimum atomic E-state index is 0.137. The molecule has 0 fully saturated rings. The van der Waals surface area contributed by atoms with Crippen LogP contribution in [0.3, 0.4) is 0 Å². The highest BCUT2D eigenvalue weighted by Gasteiger charge is 2.15. The zero-order valence-electron chi connectivity index (χ0n) is 11.0. The van der Waals surface area contributed by atoms with Crippen LogP contribution < -0.4 is 11.1 Å². The standard InChI is InChI=1S/C12H26N2OS/c1-9(2)5-11(7-13)6-12(15)14-10(3)8-16-4/h9-11H,5-8,13H2,1-4H3,(H,14,15)/t10?,11-/m0/s1. The summed E-state index contributed by atoms with van der Waals surface area (Å²) in [6.45, 7) is 6.96. The Morgan fingerprint density at radius 3 is 2.44 bits per heavy atom. The number of nitrogens with one attached hydrogen (secondary N) is 1. The molecule has 4 heteroatoms. The highest BCUT2D eigenvalue weighted by molar-refractivity contribution is 7.98. The van der Waals surface area contributed by atoms with Gasteiger partial charge in [-0.3, -0.25) is 4.79 Å². The summed E-state index contributed by atoms with van der Waals surface area (Å²) in [5, 5.41) is 3.00. The predicted molar refractivity (Wildman–Crippen MR) is 72.6 cm³/mol. The molecule has 0 aliphatic rings. The first-order chi connectivity index (χ1) is 7.49. The van der Waals surface area contributed by atoms with Gasteiger partial charge in [0.05, 0.1) is 0 Å². The molecule has 0 aromatic carbocycles. The molecule has 1 unspecified atom stereocenters. The van der Waals surface area contributed by atoms with Crippen molar-refractivity contribution in [1.82, 2.24) is 5.32 Å². The summed E-state index contributed by atoms with van der Waals surface area (Å²) < 4.78 is 0. The lowest BCUT2D eigenvalue weighted by Crippen LogP contribution is -2.36. The van der Waals surface area contributed by atoms with Crippen LogP contribution in [-0.2, 0) is 4.79 Å². The van der Waals surface area contributed by atoms with Crippen molar-refractivity contribution in [2.45, 2.75) is 39.7 Å². The Hall–Kier alpha value is -0.220. The Morgan fingerprint density at radius 1 is 1.38 bits per heavy atom. The van der Waals surface area contributed by atoms with E-state index in [2.05, 4.69) is 19.2 Å². The van der Waals surface area contributed by atoms with Crippen molar-refractivity contribution in [1.29, 1.82) is 0 Å². The van der Waals surface area contributed by atoms with E-state index in [1.165, 1.54) is 0 Å². The topological polar surface area (TPSA) is 55.1 Å². The van der Waals surface area contributed by atoms with E-state index in [1.807, 2.05) is 13.2 Å². The van der Waals surface area contributed by atoms with Gasteiger partial charge in [-0.2, -0.15) is 11.8 Å². The van der Waals surface area contributed by atoms with E-state index in [1.54, 1.807) is 11.8 Å². The van der Waals surface area contributed by atoms with E-state index >= 15 is 0 Å². The molecule has 2 atom stereocenters. The van der Waals surface area contributed by atoms with E-state index in [0.29, 0.717) is 24.8 Å². The summed E-state index contributed by atoms with van der Waals surface area (Å²) in [5.41, 5.74) is 5.67. The fraction of sp³-hybridized carbons (Fsp3) is 0.917. The van der Waals surface area contributed by atoms with Crippen LogP contribution in [0.4, 0.5) is 0 Å². The summed E-state index contributed by atoms with van der Waals surface area (Å²) in [6.07, 6.45) is 3.64. The molecule has 96 valence electrons. The van der Waals surface area contributed by atoms with Crippen LogP contribution in [0.15, 0.2) is 0 Å². The lowest BCUT2D eigenvalue weighted by molar-refractivity contribution is -0.122. The second-order valence-electron chi connectivity index (χ2n) is 4.86. The highest BCUT2D eigenvalue weighted by atomic mass is 32.2. The molecule has 0 aliphatic carbocycles. The van der Waals surface area contributed by atoms with Crippen molar-refractivity contribution in [3.63, 3.8) is 0 Å². The normalized spacial score (nSPS) is 14.9. The smallest absolute Gasteiger partial charge is 0.220 e. The molecule has 3 nitrogen and oxygen atoms in total. The Labute approximate surface area is 104 Å². The predicted octanol–water partition coefficient (Wildman–Crippen LogP) is 1.87. The number of thioether (sulfide) groups is 1. The fourth-order valence-electron chi connectivity index (χ4n) is 1.82. The quantitative estimate of drug-likeness (QED) is 0.687. The van der Waals surface area contributed by atoms with Crippen molar-refractivity contribution in [2.24, 2.45) is 17.6 Å². The van der Waals surface area contributed by atoms with Gasteiger partial charge in [-0.15, -0.1) is 0 Å². The molecule has 0 bridgehead atoms. The summed E-state index contributed by atoms with van der Waals surface area (Å²) in [6, 6.07) is 0.250. The largest absolute Gasteiger partial charge is 0.353 e. The van der Waals surface area contributed by atoms with E-state index in [9.17, 15) is 4.79 Å². The summed E-state index contributed by atoms with van der Waals surface area (Å²) >= 11 is 1.75. The van der Waals surface area contributed by atoms with Gasteiger partial charge in [0.2, 0.25) is 5.91 Å². The van der Waals surface area contributed by atoms with Gasteiger partial charge in [0.15, 0.2) is 0 Å². The van der Waals surface area contributed by atoms with Gasteiger partial charge in [0, 0.05) is 18.2 Å². The molecule has 16 heavy (non-hydrogen) atoms. The van der Waals surface area contributed by atoms with Crippen molar-refractivity contribution >= 4 is 17.7 Å². The van der Waals surface area contributed by atoms with Crippen LogP contribution >= 0.6 is 11.8 Å². The maximum atomic E-state index is 11.7. The van der Waals surface area contributed by atoms with E-state index < -0.39 is 0 Å². The van der Waals surface area contributed by atoms with Gasteiger partial charge in [-0.05, 0) is 38.0 Å². The average Bonchev–Trinajstić information content (AvgIpc) is 2.15. The van der Waals surface area contributed by atoms with Crippen LogP contribution in [0, 0.1) is 11.8 Å². The molecule has 0 aromatic heterocycles. The minimum Gasteiger partial charge on any atom is -0.353 e. The molecule has 0 saturated carbocycles.